The molecule has 0 amide bonds. The van der Waals surface area contributed by atoms with Crippen molar-refractivity contribution in [3.63, 3.8) is 0 Å². The highest BCUT2D eigenvalue weighted by Gasteiger charge is 2.30. The number of fused-ring (bicyclic) bond motifs is 1. The largest absolute Gasteiger partial charge is 0.508 e. The third-order valence-corrected chi connectivity index (χ3v) is 3.93. The predicted molar refractivity (Wildman–Crippen MR) is 78.9 cm³/mol. The van der Waals surface area contributed by atoms with Crippen LogP contribution >= 0.6 is 0 Å². The molecular formula is C17H16F3NO. The Morgan fingerprint density at radius 3 is 2.45 bits per heavy atom. The number of aryl methyl sites for hydroxylation is 1. The molecule has 0 fully saturated rings. The normalized spacial score (nSPS) is 14.8. The summed E-state index contributed by atoms with van der Waals surface area (Å²) in [6.45, 7) is 1.43. The zero-order chi connectivity index (χ0) is 15.7. The van der Waals surface area contributed by atoms with Crippen molar-refractivity contribution in [2.75, 3.05) is 11.4 Å². The van der Waals surface area contributed by atoms with Crippen LogP contribution in [0.1, 0.15) is 23.1 Å². The van der Waals surface area contributed by atoms with E-state index in [1.165, 1.54) is 12.1 Å². The van der Waals surface area contributed by atoms with Gasteiger partial charge in [0.05, 0.1) is 5.56 Å². The van der Waals surface area contributed by atoms with E-state index in [-0.39, 0.29) is 5.75 Å². The molecule has 0 spiro atoms. The van der Waals surface area contributed by atoms with Gasteiger partial charge >= 0.3 is 6.18 Å². The number of rotatable bonds is 2. The Morgan fingerprint density at radius 1 is 1.05 bits per heavy atom. The number of alkyl halides is 3. The second-order valence-electron chi connectivity index (χ2n) is 5.53. The highest BCUT2D eigenvalue weighted by Crippen LogP contribution is 2.32. The Morgan fingerprint density at radius 2 is 1.77 bits per heavy atom. The average molecular weight is 307 g/mol. The van der Waals surface area contributed by atoms with Gasteiger partial charge in [0.25, 0.3) is 0 Å². The third kappa shape index (κ3) is 3.03. The lowest BCUT2D eigenvalue weighted by atomic mass is 10.0. The van der Waals surface area contributed by atoms with Gasteiger partial charge < -0.3 is 10.0 Å². The highest BCUT2D eigenvalue weighted by molar-refractivity contribution is 5.58. The standard InChI is InChI=1S/C17H16F3NO/c18-17(19,20)14-5-3-12(4-6-14)11-21-9-1-2-13-10-15(22)7-8-16(13)21/h3-8,10,22H,1-2,9,11H2. The van der Waals surface area contributed by atoms with Crippen LogP contribution in [0.5, 0.6) is 5.75 Å². The van der Waals surface area contributed by atoms with E-state index < -0.39 is 11.7 Å². The first-order valence-corrected chi connectivity index (χ1v) is 7.16. The van der Waals surface area contributed by atoms with Crippen LogP contribution in [-0.4, -0.2) is 11.7 Å². The molecule has 22 heavy (non-hydrogen) atoms. The minimum Gasteiger partial charge on any atom is -0.508 e. The molecule has 0 saturated carbocycles. The molecule has 1 N–H and O–H groups in total. The van der Waals surface area contributed by atoms with E-state index in [4.69, 9.17) is 0 Å². The Balaban J connectivity index is 1.80. The monoisotopic (exact) mass is 307 g/mol. The number of hydrogen-bond acceptors (Lipinski definition) is 2. The van der Waals surface area contributed by atoms with Crippen LogP contribution in [-0.2, 0) is 19.1 Å². The molecule has 2 aromatic carbocycles. The van der Waals surface area contributed by atoms with Crippen LogP contribution in [0.25, 0.3) is 0 Å². The van der Waals surface area contributed by atoms with Crippen LogP contribution in [0.4, 0.5) is 18.9 Å². The first-order valence-electron chi connectivity index (χ1n) is 7.16. The molecule has 2 aromatic rings. The fourth-order valence-electron chi connectivity index (χ4n) is 2.85. The summed E-state index contributed by atoms with van der Waals surface area (Å²) in [5.41, 5.74) is 2.34. The lowest BCUT2D eigenvalue weighted by Gasteiger charge is -2.31. The summed E-state index contributed by atoms with van der Waals surface area (Å²) in [7, 11) is 0. The Hall–Kier alpha value is -2.17. The summed E-state index contributed by atoms with van der Waals surface area (Å²) in [6.07, 6.45) is -2.42. The molecule has 0 saturated heterocycles. The number of phenolic OH excluding ortho intramolecular Hbond substituents is 1. The van der Waals surface area contributed by atoms with Crippen LogP contribution < -0.4 is 4.90 Å². The predicted octanol–water partition coefficient (Wildman–Crippen LogP) is 4.36. The number of aromatic hydroxyl groups is 1. The maximum atomic E-state index is 12.6. The van der Waals surface area contributed by atoms with Crippen LogP contribution in [0.15, 0.2) is 42.5 Å². The summed E-state index contributed by atoms with van der Waals surface area (Å²) in [4.78, 5) is 2.14. The van der Waals surface area contributed by atoms with Gasteiger partial charge in [-0.3, -0.25) is 0 Å². The molecule has 0 atom stereocenters. The minimum absolute atomic E-state index is 0.245. The van der Waals surface area contributed by atoms with E-state index in [0.29, 0.717) is 6.54 Å². The first kappa shape index (κ1) is 14.8. The quantitative estimate of drug-likeness (QED) is 0.891. The third-order valence-electron chi connectivity index (χ3n) is 3.93. The van der Waals surface area contributed by atoms with Crippen molar-refractivity contribution in [2.45, 2.75) is 25.6 Å². The topological polar surface area (TPSA) is 23.5 Å². The maximum absolute atomic E-state index is 12.6. The Bertz CT molecular complexity index is 665. The molecule has 0 aromatic heterocycles. The molecule has 116 valence electrons. The summed E-state index contributed by atoms with van der Waals surface area (Å²) in [5, 5.41) is 9.55. The number of benzene rings is 2. The molecule has 1 aliphatic rings. The molecular weight excluding hydrogens is 291 g/mol. The SMILES string of the molecule is Oc1ccc2c(c1)CCCN2Cc1ccc(C(F)(F)F)cc1. The van der Waals surface area contributed by atoms with Crippen molar-refractivity contribution in [2.24, 2.45) is 0 Å². The van der Waals surface area contributed by atoms with Crippen LogP contribution in [0.2, 0.25) is 0 Å². The smallest absolute Gasteiger partial charge is 0.416 e. The fourth-order valence-corrected chi connectivity index (χ4v) is 2.85. The zero-order valence-electron chi connectivity index (χ0n) is 11.9. The molecule has 0 radical (unpaired) electrons. The highest BCUT2D eigenvalue weighted by atomic mass is 19.4. The summed E-state index contributed by atoms with van der Waals surface area (Å²) in [6, 6.07) is 10.6. The van der Waals surface area contributed by atoms with E-state index in [1.807, 2.05) is 6.07 Å². The molecule has 2 nitrogen and oxygen atoms in total. The van der Waals surface area contributed by atoms with E-state index >= 15 is 0 Å². The molecule has 1 heterocycles. The summed E-state index contributed by atoms with van der Waals surface area (Å²) in [5.74, 6) is 0.245. The molecule has 0 aliphatic carbocycles. The first-order chi connectivity index (χ1) is 10.4. The van der Waals surface area contributed by atoms with Crippen LogP contribution in [0, 0.1) is 0 Å². The fraction of sp³-hybridized carbons (Fsp3) is 0.294. The van der Waals surface area contributed by atoms with Crippen molar-refractivity contribution >= 4 is 5.69 Å². The average Bonchev–Trinajstić information content (AvgIpc) is 2.47. The van der Waals surface area contributed by atoms with Crippen molar-refractivity contribution < 1.29 is 18.3 Å². The van der Waals surface area contributed by atoms with E-state index in [2.05, 4.69) is 4.90 Å². The van der Waals surface area contributed by atoms with Crippen molar-refractivity contribution in [1.82, 2.24) is 0 Å². The number of nitrogens with zero attached hydrogens (tertiary/aromatic N) is 1. The van der Waals surface area contributed by atoms with Gasteiger partial charge in [-0.05, 0) is 54.3 Å². The van der Waals surface area contributed by atoms with E-state index in [9.17, 15) is 18.3 Å². The minimum atomic E-state index is -4.30. The van der Waals surface area contributed by atoms with Gasteiger partial charge in [0.2, 0.25) is 0 Å². The van der Waals surface area contributed by atoms with Crippen molar-refractivity contribution in [3.8, 4) is 5.75 Å². The molecule has 1 aliphatic heterocycles. The maximum Gasteiger partial charge on any atom is 0.416 e. The van der Waals surface area contributed by atoms with Gasteiger partial charge in [-0.15, -0.1) is 0 Å². The lowest BCUT2D eigenvalue weighted by Crippen LogP contribution is -2.28. The molecule has 5 heteroatoms. The van der Waals surface area contributed by atoms with Gasteiger partial charge in [0, 0.05) is 18.8 Å². The van der Waals surface area contributed by atoms with Gasteiger partial charge in [0.1, 0.15) is 5.75 Å². The van der Waals surface area contributed by atoms with Gasteiger partial charge in [0.15, 0.2) is 0 Å². The van der Waals surface area contributed by atoms with Crippen LogP contribution in [0.3, 0.4) is 0 Å². The summed E-state index contributed by atoms with van der Waals surface area (Å²) >= 11 is 0. The van der Waals surface area contributed by atoms with E-state index in [1.54, 1.807) is 12.1 Å². The van der Waals surface area contributed by atoms with Gasteiger partial charge in [-0.1, -0.05) is 12.1 Å². The summed E-state index contributed by atoms with van der Waals surface area (Å²) < 4.78 is 37.7. The van der Waals surface area contributed by atoms with Gasteiger partial charge in [-0.25, -0.2) is 0 Å². The van der Waals surface area contributed by atoms with E-state index in [0.717, 1.165) is 48.3 Å². The second-order valence-corrected chi connectivity index (χ2v) is 5.53. The number of anilines is 1. The molecule has 0 bridgehead atoms. The van der Waals surface area contributed by atoms with Gasteiger partial charge in [-0.2, -0.15) is 13.2 Å². The second kappa shape index (κ2) is 5.55. The lowest BCUT2D eigenvalue weighted by molar-refractivity contribution is -0.137. The van der Waals surface area contributed by atoms with Crippen molar-refractivity contribution in [3.05, 3.63) is 59.2 Å². The van der Waals surface area contributed by atoms with Crippen molar-refractivity contribution in [1.29, 1.82) is 0 Å². The zero-order valence-corrected chi connectivity index (χ0v) is 11.9. The number of phenols is 1. The Labute approximate surface area is 126 Å². The Kier molecular flexibility index (Phi) is 3.72. The molecule has 0 unspecified atom stereocenters. The molecule has 3 rings (SSSR count). The number of halogens is 3. The number of hydrogen-bond donors (Lipinski definition) is 1.